The number of anilines is 1. The summed E-state index contributed by atoms with van der Waals surface area (Å²) >= 11 is 7.48. The highest BCUT2D eigenvalue weighted by Crippen LogP contribution is 2.42. The zero-order valence-electron chi connectivity index (χ0n) is 15.0. The topological polar surface area (TPSA) is 63.4 Å². The Morgan fingerprint density at radius 2 is 1.97 bits per heavy atom. The first-order valence-corrected chi connectivity index (χ1v) is 9.97. The SMILES string of the molecule is Cc1cc2oc3c(c(=O)c2cc1Cl)[C@@H](c1ccc(F)cc1)N(c1nccs1)C3=O. The van der Waals surface area contributed by atoms with Crippen LogP contribution in [0.25, 0.3) is 11.0 Å². The molecule has 29 heavy (non-hydrogen) atoms. The van der Waals surface area contributed by atoms with Gasteiger partial charge in [0.15, 0.2) is 10.6 Å². The van der Waals surface area contributed by atoms with E-state index in [1.165, 1.54) is 28.4 Å². The van der Waals surface area contributed by atoms with E-state index in [9.17, 15) is 14.0 Å². The predicted octanol–water partition coefficient (Wildman–Crippen LogP) is 5.10. The molecule has 0 saturated carbocycles. The summed E-state index contributed by atoms with van der Waals surface area (Å²) in [5, 5.41) is 2.89. The van der Waals surface area contributed by atoms with E-state index in [-0.39, 0.29) is 16.8 Å². The van der Waals surface area contributed by atoms with Gasteiger partial charge >= 0.3 is 0 Å². The highest BCUT2D eigenvalue weighted by Gasteiger charge is 2.44. The number of hydrogen-bond acceptors (Lipinski definition) is 5. The quantitative estimate of drug-likeness (QED) is 0.447. The Labute approximate surface area is 173 Å². The molecule has 0 spiro atoms. The molecule has 2 aromatic heterocycles. The standard InChI is InChI=1S/C21H12ClFN2O3S/c1-10-8-15-13(9-14(10)22)18(26)16-17(11-2-4-12(23)5-3-11)25(20(27)19(16)28-15)21-24-6-7-29-21/h2-9,17H,1H3/t17-/m1/s1. The van der Waals surface area contributed by atoms with E-state index in [2.05, 4.69) is 4.98 Å². The molecule has 1 amide bonds. The molecule has 0 fully saturated rings. The first kappa shape index (κ1) is 18.0. The zero-order valence-corrected chi connectivity index (χ0v) is 16.6. The summed E-state index contributed by atoms with van der Waals surface area (Å²) < 4.78 is 19.4. The highest BCUT2D eigenvalue weighted by molar-refractivity contribution is 7.13. The fraction of sp³-hybridized carbons (Fsp3) is 0.0952. The molecule has 1 atom stereocenters. The van der Waals surface area contributed by atoms with Crippen molar-refractivity contribution >= 4 is 44.9 Å². The number of nitrogens with zero attached hydrogens (tertiary/aromatic N) is 2. The van der Waals surface area contributed by atoms with Gasteiger partial charge in [-0.3, -0.25) is 14.5 Å². The molecule has 4 aromatic rings. The van der Waals surface area contributed by atoms with Crippen LogP contribution in [0, 0.1) is 12.7 Å². The maximum Gasteiger partial charge on any atom is 0.297 e. The Hall–Kier alpha value is -3.03. The maximum absolute atomic E-state index is 13.5. The second kappa shape index (κ2) is 6.50. The first-order valence-electron chi connectivity index (χ1n) is 8.71. The molecule has 0 saturated heterocycles. The minimum Gasteiger partial charge on any atom is -0.450 e. The van der Waals surface area contributed by atoms with Gasteiger partial charge in [-0.15, -0.1) is 11.3 Å². The average Bonchev–Trinajstić information content (AvgIpc) is 3.31. The summed E-state index contributed by atoms with van der Waals surface area (Å²) in [6, 6.07) is 8.11. The van der Waals surface area contributed by atoms with E-state index in [0.717, 1.165) is 5.56 Å². The minimum atomic E-state index is -0.773. The van der Waals surface area contributed by atoms with Crippen LogP contribution in [0.5, 0.6) is 0 Å². The van der Waals surface area contributed by atoms with Gasteiger partial charge < -0.3 is 4.42 Å². The summed E-state index contributed by atoms with van der Waals surface area (Å²) in [4.78, 5) is 32.3. The summed E-state index contributed by atoms with van der Waals surface area (Å²) in [5.41, 5.74) is 1.47. The first-order chi connectivity index (χ1) is 14.0. The number of carbonyl (C=O) groups is 1. The predicted molar refractivity (Wildman–Crippen MR) is 109 cm³/mol. The molecule has 0 radical (unpaired) electrons. The summed E-state index contributed by atoms with van der Waals surface area (Å²) in [7, 11) is 0. The van der Waals surface area contributed by atoms with Gasteiger partial charge in [-0.25, -0.2) is 9.37 Å². The van der Waals surface area contributed by atoms with Crippen molar-refractivity contribution in [1.82, 2.24) is 4.98 Å². The van der Waals surface area contributed by atoms with Gasteiger partial charge in [0.2, 0.25) is 5.76 Å². The minimum absolute atomic E-state index is 0.0336. The van der Waals surface area contributed by atoms with Crippen molar-refractivity contribution in [2.24, 2.45) is 0 Å². The molecule has 144 valence electrons. The van der Waals surface area contributed by atoms with E-state index < -0.39 is 17.8 Å². The molecule has 0 bridgehead atoms. The third-order valence-corrected chi connectivity index (χ3v) is 6.14. The second-order valence-corrected chi connectivity index (χ2v) is 8.00. The Kier molecular flexibility index (Phi) is 4.04. The van der Waals surface area contributed by atoms with E-state index in [0.29, 0.717) is 26.7 Å². The van der Waals surface area contributed by atoms with Crippen LogP contribution < -0.4 is 10.3 Å². The lowest BCUT2D eigenvalue weighted by atomic mass is 9.98. The van der Waals surface area contributed by atoms with Crippen molar-refractivity contribution in [2.45, 2.75) is 13.0 Å². The van der Waals surface area contributed by atoms with Crippen LogP contribution in [0.15, 0.2) is 57.2 Å². The molecular weight excluding hydrogens is 415 g/mol. The molecule has 0 unspecified atom stereocenters. The van der Waals surface area contributed by atoms with Crippen LogP contribution in [-0.2, 0) is 0 Å². The number of halogens is 2. The molecular formula is C21H12ClFN2O3S. The molecule has 5 rings (SSSR count). The third kappa shape index (κ3) is 2.69. The Morgan fingerprint density at radius 3 is 2.66 bits per heavy atom. The number of amides is 1. The summed E-state index contributed by atoms with van der Waals surface area (Å²) in [6.07, 6.45) is 1.58. The number of benzene rings is 2. The van der Waals surface area contributed by atoms with Crippen LogP contribution in [0.4, 0.5) is 9.52 Å². The highest BCUT2D eigenvalue weighted by atomic mass is 35.5. The van der Waals surface area contributed by atoms with Gasteiger partial charge in [-0.05, 0) is 42.3 Å². The van der Waals surface area contributed by atoms with Gasteiger partial charge in [0, 0.05) is 16.6 Å². The molecule has 1 aliphatic heterocycles. The van der Waals surface area contributed by atoms with Crippen molar-refractivity contribution in [2.75, 3.05) is 4.90 Å². The van der Waals surface area contributed by atoms with Crippen LogP contribution in [0.2, 0.25) is 5.02 Å². The lowest BCUT2D eigenvalue weighted by molar-refractivity contribution is 0.0971. The van der Waals surface area contributed by atoms with Crippen LogP contribution in [0.3, 0.4) is 0 Å². The number of carbonyl (C=O) groups excluding carboxylic acids is 1. The number of hydrogen-bond donors (Lipinski definition) is 0. The number of rotatable bonds is 2. The number of thiazole rings is 1. The lowest BCUT2D eigenvalue weighted by Crippen LogP contribution is -2.29. The Morgan fingerprint density at radius 1 is 1.21 bits per heavy atom. The van der Waals surface area contributed by atoms with Gasteiger partial charge in [-0.2, -0.15) is 0 Å². The molecule has 5 nitrogen and oxygen atoms in total. The van der Waals surface area contributed by atoms with E-state index in [4.69, 9.17) is 16.0 Å². The van der Waals surface area contributed by atoms with E-state index >= 15 is 0 Å². The number of aryl methyl sites for hydroxylation is 1. The number of aromatic nitrogens is 1. The Bertz CT molecular complexity index is 1330. The molecule has 8 heteroatoms. The summed E-state index contributed by atoms with van der Waals surface area (Å²) in [5.74, 6) is -0.906. The third-order valence-electron chi connectivity index (χ3n) is 4.96. The molecule has 0 N–H and O–H groups in total. The molecule has 1 aliphatic rings. The largest absolute Gasteiger partial charge is 0.450 e. The number of fused-ring (bicyclic) bond motifs is 2. The normalized spacial score (nSPS) is 15.9. The van der Waals surface area contributed by atoms with Gasteiger partial charge in [0.05, 0.1) is 17.0 Å². The maximum atomic E-state index is 13.5. The van der Waals surface area contributed by atoms with Crippen LogP contribution in [0.1, 0.15) is 33.3 Å². The average molecular weight is 427 g/mol. The van der Waals surface area contributed by atoms with Gasteiger partial charge in [0.25, 0.3) is 5.91 Å². The fourth-order valence-electron chi connectivity index (χ4n) is 3.59. The molecule has 0 aliphatic carbocycles. The van der Waals surface area contributed by atoms with E-state index in [1.807, 2.05) is 0 Å². The van der Waals surface area contributed by atoms with E-state index in [1.54, 1.807) is 42.8 Å². The summed E-state index contributed by atoms with van der Waals surface area (Å²) in [6.45, 7) is 1.79. The van der Waals surface area contributed by atoms with Gasteiger partial charge in [0.1, 0.15) is 11.4 Å². The monoisotopic (exact) mass is 426 g/mol. The Balaban J connectivity index is 1.84. The van der Waals surface area contributed by atoms with Crippen molar-refractivity contribution in [3.63, 3.8) is 0 Å². The van der Waals surface area contributed by atoms with Crippen molar-refractivity contribution < 1.29 is 13.6 Å². The van der Waals surface area contributed by atoms with Gasteiger partial charge in [-0.1, -0.05) is 23.7 Å². The smallest absolute Gasteiger partial charge is 0.297 e. The van der Waals surface area contributed by atoms with Crippen molar-refractivity contribution in [3.8, 4) is 0 Å². The van der Waals surface area contributed by atoms with Crippen molar-refractivity contribution in [3.05, 3.63) is 91.5 Å². The van der Waals surface area contributed by atoms with Crippen LogP contribution >= 0.6 is 22.9 Å². The zero-order chi connectivity index (χ0) is 20.3. The van der Waals surface area contributed by atoms with Crippen LogP contribution in [-0.4, -0.2) is 10.9 Å². The molecule has 2 aromatic carbocycles. The second-order valence-electron chi connectivity index (χ2n) is 6.72. The van der Waals surface area contributed by atoms with Crippen molar-refractivity contribution in [1.29, 1.82) is 0 Å². The molecule has 3 heterocycles. The fourth-order valence-corrected chi connectivity index (χ4v) is 4.42. The lowest BCUT2D eigenvalue weighted by Gasteiger charge is -2.22.